The van der Waals surface area contributed by atoms with Crippen molar-refractivity contribution in [2.45, 2.75) is 57.9 Å². The van der Waals surface area contributed by atoms with Crippen molar-refractivity contribution in [1.82, 2.24) is 0 Å². The van der Waals surface area contributed by atoms with Crippen LogP contribution in [-0.2, 0) is 9.59 Å². The minimum absolute atomic E-state index is 0.0407. The third-order valence-electron chi connectivity index (χ3n) is 4.29. The number of amides is 1. The van der Waals surface area contributed by atoms with Crippen molar-refractivity contribution >= 4 is 17.6 Å². The van der Waals surface area contributed by atoms with E-state index >= 15 is 0 Å². The first-order chi connectivity index (χ1) is 10.6. The number of rotatable bonds is 6. The second kappa shape index (κ2) is 7.97. The van der Waals surface area contributed by atoms with Gasteiger partial charge in [0.05, 0.1) is 0 Å². The van der Waals surface area contributed by atoms with Crippen LogP contribution in [0, 0.1) is 5.92 Å². The molecule has 1 aromatic rings. The Labute approximate surface area is 132 Å². The maximum atomic E-state index is 12.8. The van der Waals surface area contributed by atoms with E-state index in [-0.39, 0.29) is 30.7 Å². The molecule has 1 unspecified atom stereocenters. The fourth-order valence-electron chi connectivity index (χ4n) is 3.25. The average molecular weight is 303 g/mol. The van der Waals surface area contributed by atoms with Crippen LogP contribution in [0.2, 0.25) is 0 Å². The Kier molecular flexibility index (Phi) is 5.99. The molecule has 22 heavy (non-hydrogen) atoms. The van der Waals surface area contributed by atoms with Gasteiger partial charge in [-0.2, -0.15) is 0 Å². The summed E-state index contributed by atoms with van der Waals surface area (Å²) in [5.41, 5.74) is 0.932. The molecule has 1 amide bonds. The molecular weight excluding hydrogens is 278 g/mol. The maximum absolute atomic E-state index is 12.8. The Hall–Kier alpha value is -1.84. The third kappa shape index (κ3) is 4.58. The molecule has 4 heteroatoms. The number of nitrogens with zero attached hydrogens (tertiary/aromatic N) is 1. The summed E-state index contributed by atoms with van der Waals surface area (Å²) >= 11 is 0. The number of hydrogen-bond donors (Lipinski definition) is 1. The molecule has 1 aliphatic rings. The molecule has 120 valence electrons. The number of carbonyl (C=O) groups is 2. The summed E-state index contributed by atoms with van der Waals surface area (Å²) < 4.78 is 0. The standard InChI is InChI=1S/C18H25NO3/c1-14(13-18(21)22)12-17(20)19(15-8-4-2-5-9-15)16-10-6-3-7-11-16/h2,4-5,8-9,14,16H,3,6-7,10-13H2,1H3,(H,21,22). The van der Waals surface area contributed by atoms with Gasteiger partial charge in [-0.15, -0.1) is 0 Å². The van der Waals surface area contributed by atoms with Gasteiger partial charge in [-0.25, -0.2) is 0 Å². The SMILES string of the molecule is CC(CC(=O)O)CC(=O)N(c1ccccc1)C1CCCCC1. The van der Waals surface area contributed by atoms with Crippen LogP contribution >= 0.6 is 0 Å². The molecule has 0 aliphatic heterocycles. The largest absolute Gasteiger partial charge is 0.481 e. The molecule has 1 fully saturated rings. The topological polar surface area (TPSA) is 57.6 Å². The molecule has 1 N–H and O–H groups in total. The van der Waals surface area contributed by atoms with Crippen molar-refractivity contribution in [1.29, 1.82) is 0 Å². The highest BCUT2D eigenvalue weighted by molar-refractivity contribution is 5.94. The summed E-state index contributed by atoms with van der Waals surface area (Å²) in [5.74, 6) is -0.934. The molecule has 0 bridgehead atoms. The Balaban J connectivity index is 2.13. The lowest BCUT2D eigenvalue weighted by Gasteiger charge is -2.35. The van der Waals surface area contributed by atoms with Gasteiger partial charge in [-0.05, 0) is 30.9 Å². The zero-order chi connectivity index (χ0) is 15.9. The first-order valence-electron chi connectivity index (χ1n) is 8.17. The average Bonchev–Trinajstić information content (AvgIpc) is 2.48. The number of hydrogen-bond acceptors (Lipinski definition) is 2. The van der Waals surface area contributed by atoms with E-state index in [0.29, 0.717) is 0 Å². The number of benzene rings is 1. The van der Waals surface area contributed by atoms with Crippen molar-refractivity contribution in [3.8, 4) is 0 Å². The molecule has 0 spiro atoms. The van der Waals surface area contributed by atoms with Gasteiger partial charge in [0.2, 0.25) is 5.91 Å². The number of carboxylic acid groups (broad SMARTS) is 1. The fraction of sp³-hybridized carbons (Fsp3) is 0.556. The van der Waals surface area contributed by atoms with Crippen LogP contribution in [0.25, 0.3) is 0 Å². The highest BCUT2D eigenvalue weighted by Crippen LogP contribution is 2.28. The maximum Gasteiger partial charge on any atom is 0.303 e. The predicted molar refractivity (Wildman–Crippen MR) is 86.8 cm³/mol. The van der Waals surface area contributed by atoms with Gasteiger partial charge in [0.15, 0.2) is 0 Å². The molecule has 0 radical (unpaired) electrons. The second-order valence-electron chi connectivity index (χ2n) is 6.30. The number of anilines is 1. The van der Waals surface area contributed by atoms with Crippen LogP contribution in [0.3, 0.4) is 0 Å². The fourth-order valence-corrected chi connectivity index (χ4v) is 3.25. The van der Waals surface area contributed by atoms with E-state index in [4.69, 9.17) is 5.11 Å². The van der Waals surface area contributed by atoms with E-state index in [1.165, 1.54) is 6.42 Å². The number of aliphatic carboxylic acids is 1. The van der Waals surface area contributed by atoms with Crippen molar-refractivity contribution in [3.63, 3.8) is 0 Å². The van der Waals surface area contributed by atoms with Crippen LogP contribution < -0.4 is 4.90 Å². The minimum Gasteiger partial charge on any atom is -0.481 e. The molecule has 0 saturated heterocycles. The van der Waals surface area contributed by atoms with E-state index in [9.17, 15) is 9.59 Å². The van der Waals surface area contributed by atoms with Crippen LogP contribution in [-0.4, -0.2) is 23.0 Å². The van der Waals surface area contributed by atoms with Crippen LogP contribution in [0.4, 0.5) is 5.69 Å². The minimum atomic E-state index is -0.843. The van der Waals surface area contributed by atoms with E-state index in [0.717, 1.165) is 31.4 Å². The zero-order valence-corrected chi connectivity index (χ0v) is 13.2. The van der Waals surface area contributed by atoms with Crippen LogP contribution in [0.1, 0.15) is 51.9 Å². The quantitative estimate of drug-likeness (QED) is 0.868. The summed E-state index contributed by atoms with van der Waals surface area (Å²) in [6.45, 7) is 1.83. The van der Waals surface area contributed by atoms with E-state index in [1.807, 2.05) is 42.2 Å². The molecule has 1 atom stereocenters. The van der Waals surface area contributed by atoms with Crippen molar-refractivity contribution < 1.29 is 14.7 Å². The van der Waals surface area contributed by atoms with E-state index < -0.39 is 5.97 Å². The highest BCUT2D eigenvalue weighted by atomic mass is 16.4. The predicted octanol–water partition coefficient (Wildman–Crippen LogP) is 3.85. The Morgan fingerprint density at radius 2 is 1.77 bits per heavy atom. The van der Waals surface area contributed by atoms with Gasteiger partial charge >= 0.3 is 5.97 Å². The Bertz CT molecular complexity index is 494. The Morgan fingerprint density at radius 3 is 2.36 bits per heavy atom. The van der Waals surface area contributed by atoms with Gasteiger partial charge < -0.3 is 10.0 Å². The summed E-state index contributed by atoms with van der Waals surface area (Å²) in [4.78, 5) is 25.5. The second-order valence-corrected chi connectivity index (χ2v) is 6.30. The summed E-state index contributed by atoms with van der Waals surface area (Å²) in [6, 6.07) is 10.0. The summed E-state index contributed by atoms with van der Waals surface area (Å²) in [5, 5.41) is 8.88. The van der Waals surface area contributed by atoms with E-state index in [2.05, 4.69) is 0 Å². The first-order valence-corrected chi connectivity index (χ1v) is 8.17. The van der Waals surface area contributed by atoms with Gasteiger partial charge in [-0.3, -0.25) is 9.59 Å². The van der Waals surface area contributed by atoms with Gasteiger partial charge in [0.1, 0.15) is 0 Å². The molecule has 1 saturated carbocycles. The summed E-state index contributed by atoms with van der Waals surface area (Å²) in [6.07, 6.45) is 5.96. The third-order valence-corrected chi connectivity index (χ3v) is 4.29. The molecule has 4 nitrogen and oxygen atoms in total. The van der Waals surface area contributed by atoms with Crippen molar-refractivity contribution in [3.05, 3.63) is 30.3 Å². The monoisotopic (exact) mass is 303 g/mol. The van der Waals surface area contributed by atoms with Crippen LogP contribution in [0.15, 0.2) is 30.3 Å². The lowest BCUT2D eigenvalue weighted by atomic mass is 9.92. The first kappa shape index (κ1) is 16.5. The van der Waals surface area contributed by atoms with Gasteiger partial charge in [-0.1, -0.05) is 44.4 Å². The molecule has 0 heterocycles. The Morgan fingerprint density at radius 1 is 1.14 bits per heavy atom. The van der Waals surface area contributed by atoms with Crippen molar-refractivity contribution in [2.75, 3.05) is 4.90 Å². The van der Waals surface area contributed by atoms with Crippen LogP contribution in [0.5, 0.6) is 0 Å². The van der Waals surface area contributed by atoms with Gasteiger partial charge in [0, 0.05) is 24.6 Å². The number of carboxylic acids is 1. The van der Waals surface area contributed by atoms with E-state index in [1.54, 1.807) is 0 Å². The van der Waals surface area contributed by atoms with Crippen molar-refractivity contribution in [2.24, 2.45) is 5.92 Å². The zero-order valence-electron chi connectivity index (χ0n) is 13.2. The number of carbonyl (C=O) groups excluding carboxylic acids is 1. The lowest BCUT2D eigenvalue weighted by Crippen LogP contribution is -2.42. The normalized spacial score (nSPS) is 17.0. The lowest BCUT2D eigenvalue weighted by molar-refractivity contribution is -0.138. The smallest absolute Gasteiger partial charge is 0.303 e. The molecule has 2 rings (SSSR count). The highest BCUT2D eigenvalue weighted by Gasteiger charge is 2.27. The molecule has 1 aromatic carbocycles. The molecule has 0 aromatic heterocycles. The van der Waals surface area contributed by atoms with Gasteiger partial charge in [0.25, 0.3) is 0 Å². The number of para-hydroxylation sites is 1. The molecular formula is C18H25NO3. The molecule has 1 aliphatic carbocycles. The summed E-state index contributed by atoms with van der Waals surface area (Å²) in [7, 11) is 0.